The van der Waals surface area contributed by atoms with E-state index >= 15 is 0 Å². The molecule has 0 aromatic heterocycles. The number of sulfonamides is 1. The third-order valence-electron chi connectivity index (χ3n) is 5.85. The van der Waals surface area contributed by atoms with Crippen molar-refractivity contribution in [2.75, 3.05) is 38.7 Å². The van der Waals surface area contributed by atoms with E-state index in [9.17, 15) is 23.3 Å². The van der Waals surface area contributed by atoms with E-state index in [0.717, 1.165) is 15.9 Å². The van der Waals surface area contributed by atoms with E-state index < -0.39 is 27.4 Å². The molecule has 0 aliphatic heterocycles. The summed E-state index contributed by atoms with van der Waals surface area (Å²) in [5.74, 6) is 0.641. The fourth-order valence-corrected chi connectivity index (χ4v) is 5.41. The van der Waals surface area contributed by atoms with Gasteiger partial charge in [0.05, 0.1) is 36.8 Å². The number of carbonyl (C=O) groups is 1. The smallest absolute Gasteiger partial charge is 0.273 e. The Morgan fingerprint density at radius 1 is 0.974 bits per heavy atom. The van der Waals surface area contributed by atoms with Gasteiger partial charge < -0.3 is 19.5 Å². The minimum atomic E-state index is -4.47. The maximum atomic E-state index is 13.8. The van der Waals surface area contributed by atoms with Crippen LogP contribution in [0.15, 0.2) is 59.5 Å². The maximum absolute atomic E-state index is 13.8. The fourth-order valence-electron chi connectivity index (χ4n) is 3.80. The van der Waals surface area contributed by atoms with Gasteiger partial charge in [0, 0.05) is 23.2 Å². The highest BCUT2D eigenvalue weighted by molar-refractivity contribution is 7.92. The van der Waals surface area contributed by atoms with Crippen molar-refractivity contribution in [3.05, 3.63) is 80.9 Å². The topological polar surface area (TPSA) is 137 Å². The Morgan fingerprint density at radius 3 is 2.28 bits per heavy atom. The molecule has 0 saturated heterocycles. The summed E-state index contributed by atoms with van der Waals surface area (Å²) in [7, 11) is -0.0734. The number of rotatable bonds is 12. The summed E-state index contributed by atoms with van der Waals surface area (Å²) in [6.45, 7) is 1.07. The number of ether oxygens (including phenoxy) is 3. The SMILES string of the molecule is COc1ccc(CCNC(=O)CN(c2cc(Cl)ccc2OC)S(=O)(=O)c2ccc(C)c([N+](=O)[O-])c2)cc1OC. The number of halogens is 1. The fraction of sp³-hybridized carbons (Fsp3) is 0.269. The Labute approximate surface area is 231 Å². The van der Waals surface area contributed by atoms with Crippen molar-refractivity contribution in [2.45, 2.75) is 18.2 Å². The first-order chi connectivity index (χ1) is 18.5. The first-order valence-electron chi connectivity index (χ1n) is 11.6. The number of carbonyl (C=O) groups excluding carboxylic acids is 1. The molecular formula is C26H28ClN3O8S. The Kier molecular flexibility index (Phi) is 9.60. The summed E-state index contributed by atoms with van der Waals surface area (Å²) < 4.78 is 44.2. The zero-order chi connectivity index (χ0) is 28.7. The number of benzene rings is 3. The van der Waals surface area contributed by atoms with Crippen molar-refractivity contribution in [3.63, 3.8) is 0 Å². The Balaban J connectivity index is 1.90. The first kappa shape index (κ1) is 29.5. The normalized spacial score (nSPS) is 11.0. The quantitative estimate of drug-likeness (QED) is 0.250. The molecular weight excluding hydrogens is 550 g/mol. The third kappa shape index (κ3) is 6.89. The van der Waals surface area contributed by atoms with E-state index in [1.165, 1.54) is 58.6 Å². The van der Waals surface area contributed by atoms with Crippen LogP contribution >= 0.6 is 11.6 Å². The summed E-state index contributed by atoms with van der Waals surface area (Å²) in [4.78, 5) is 23.4. The molecule has 0 radical (unpaired) electrons. The molecule has 208 valence electrons. The van der Waals surface area contributed by atoms with Gasteiger partial charge in [-0.25, -0.2) is 8.42 Å². The Morgan fingerprint density at radius 2 is 1.64 bits per heavy atom. The summed E-state index contributed by atoms with van der Waals surface area (Å²) in [5, 5.41) is 14.4. The molecule has 0 spiro atoms. The van der Waals surface area contributed by atoms with Crippen LogP contribution in [0.25, 0.3) is 0 Å². The molecule has 11 nitrogen and oxygen atoms in total. The van der Waals surface area contributed by atoms with Gasteiger partial charge in [0.2, 0.25) is 5.91 Å². The molecule has 0 aliphatic rings. The minimum absolute atomic E-state index is 0.00303. The lowest BCUT2D eigenvalue weighted by atomic mass is 10.1. The van der Waals surface area contributed by atoms with Gasteiger partial charge in [-0.05, 0) is 55.3 Å². The molecule has 3 rings (SSSR count). The average molecular weight is 578 g/mol. The predicted octanol–water partition coefficient (Wildman–Crippen LogP) is 4.14. The number of hydrogen-bond acceptors (Lipinski definition) is 8. The van der Waals surface area contributed by atoms with Crippen molar-refractivity contribution < 1.29 is 32.3 Å². The second-order valence-corrected chi connectivity index (χ2v) is 10.6. The van der Waals surface area contributed by atoms with Crippen LogP contribution in [0.1, 0.15) is 11.1 Å². The third-order valence-corrected chi connectivity index (χ3v) is 7.84. The average Bonchev–Trinajstić information content (AvgIpc) is 2.91. The molecule has 1 amide bonds. The number of aryl methyl sites for hydroxylation is 1. The van der Waals surface area contributed by atoms with E-state index in [1.807, 2.05) is 6.07 Å². The van der Waals surface area contributed by atoms with Crippen molar-refractivity contribution >= 4 is 38.9 Å². The lowest BCUT2D eigenvalue weighted by Gasteiger charge is -2.26. The molecule has 0 aliphatic carbocycles. The molecule has 0 unspecified atom stereocenters. The van der Waals surface area contributed by atoms with Gasteiger partial charge in [0.1, 0.15) is 12.3 Å². The van der Waals surface area contributed by atoms with Crippen molar-refractivity contribution in [1.82, 2.24) is 5.32 Å². The van der Waals surface area contributed by atoms with E-state index in [0.29, 0.717) is 23.5 Å². The van der Waals surface area contributed by atoms with E-state index in [1.54, 1.807) is 12.1 Å². The number of methoxy groups -OCH3 is 3. The number of anilines is 1. The van der Waals surface area contributed by atoms with E-state index in [4.69, 9.17) is 25.8 Å². The van der Waals surface area contributed by atoms with Gasteiger partial charge in [-0.2, -0.15) is 0 Å². The van der Waals surface area contributed by atoms with Crippen LogP contribution < -0.4 is 23.8 Å². The van der Waals surface area contributed by atoms with Gasteiger partial charge >= 0.3 is 0 Å². The molecule has 3 aromatic carbocycles. The summed E-state index contributed by atoms with van der Waals surface area (Å²) in [6.07, 6.45) is 0.434. The van der Waals surface area contributed by atoms with Gasteiger partial charge in [-0.3, -0.25) is 19.2 Å². The number of nitrogens with one attached hydrogen (secondary N) is 1. The van der Waals surface area contributed by atoms with Crippen molar-refractivity contribution in [3.8, 4) is 17.2 Å². The second-order valence-electron chi connectivity index (χ2n) is 8.32. The lowest BCUT2D eigenvalue weighted by Crippen LogP contribution is -2.41. The number of nitro groups is 1. The molecule has 1 N–H and O–H groups in total. The van der Waals surface area contributed by atoms with E-state index in [-0.39, 0.29) is 33.6 Å². The zero-order valence-electron chi connectivity index (χ0n) is 21.8. The molecule has 0 fully saturated rings. The number of nitrogens with zero attached hydrogens (tertiary/aromatic N) is 2. The predicted molar refractivity (Wildman–Crippen MR) is 147 cm³/mol. The van der Waals surface area contributed by atoms with Crippen LogP contribution in [-0.2, 0) is 21.2 Å². The Bertz CT molecular complexity index is 1480. The number of nitro benzene ring substituents is 1. The highest BCUT2D eigenvalue weighted by Gasteiger charge is 2.31. The Hall–Kier alpha value is -4.03. The van der Waals surface area contributed by atoms with Crippen LogP contribution in [0, 0.1) is 17.0 Å². The molecule has 0 heterocycles. The lowest BCUT2D eigenvalue weighted by molar-refractivity contribution is -0.385. The minimum Gasteiger partial charge on any atom is -0.495 e. The summed E-state index contributed by atoms with van der Waals surface area (Å²) in [5.41, 5.74) is 0.788. The summed E-state index contributed by atoms with van der Waals surface area (Å²) in [6, 6.07) is 13.2. The number of hydrogen-bond donors (Lipinski definition) is 1. The van der Waals surface area contributed by atoms with Gasteiger partial charge in [-0.1, -0.05) is 23.7 Å². The van der Waals surface area contributed by atoms with Crippen molar-refractivity contribution in [2.24, 2.45) is 0 Å². The van der Waals surface area contributed by atoms with Crippen LogP contribution in [0.2, 0.25) is 5.02 Å². The van der Waals surface area contributed by atoms with Crippen molar-refractivity contribution in [1.29, 1.82) is 0 Å². The highest BCUT2D eigenvalue weighted by Crippen LogP contribution is 2.35. The second kappa shape index (κ2) is 12.7. The van der Waals surface area contributed by atoms with E-state index in [2.05, 4.69) is 5.32 Å². The monoisotopic (exact) mass is 577 g/mol. The van der Waals surface area contributed by atoms with Crippen LogP contribution in [-0.4, -0.2) is 53.7 Å². The van der Waals surface area contributed by atoms with Crippen LogP contribution in [0.5, 0.6) is 17.2 Å². The van der Waals surface area contributed by atoms with Crippen LogP contribution in [0.3, 0.4) is 0 Å². The largest absolute Gasteiger partial charge is 0.495 e. The molecule has 0 bridgehead atoms. The molecule has 3 aromatic rings. The number of amides is 1. The van der Waals surface area contributed by atoms with Crippen LogP contribution in [0.4, 0.5) is 11.4 Å². The van der Waals surface area contributed by atoms with Gasteiger partial charge in [-0.15, -0.1) is 0 Å². The van der Waals surface area contributed by atoms with Gasteiger partial charge in [0.15, 0.2) is 11.5 Å². The highest BCUT2D eigenvalue weighted by atomic mass is 35.5. The standard InChI is InChI=1S/C26H28ClN3O8S/c1-17-5-8-20(15-21(17)30(32)33)39(34,35)29(22-14-19(27)7-10-23(22)36-2)16-26(31)28-12-11-18-6-9-24(37-3)25(13-18)38-4/h5-10,13-15H,11-12,16H2,1-4H3,(H,28,31). The summed E-state index contributed by atoms with van der Waals surface area (Å²) >= 11 is 6.15. The maximum Gasteiger partial charge on any atom is 0.273 e. The molecule has 13 heteroatoms. The van der Waals surface area contributed by atoms with Gasteiger partial charge in [0.25, 0.3) is 15.7 Å². The zero-order valence-corrected chi connectivity index (χ0v) is 23.3. The molecule has 39 heavy (non-hydrogen) atoms. The molecule has 0 atom stereocenters. The first-order valence-corrected chi connectivity index (χ1v) is 13.4. The molecule has 0 saturated carbocycles.